The Balaban J connectivity index is 2.12. The number of anilines is 2. The van der Waals surface area contributed by atoms with Gasteiger partial charge < -0.3 is 20.5 Å². The van der Waals surface area contributed by atoms with Gasteiger partial charge in [0.15, 0.2) is 11.5 Å². The molecule has 1 aliphatic rings. The summed E-state index contributed by atoms with van der Waals surface area (Å²) < 4.78 is 10.9. The Labute approximate surface area is 112 Å². The highest BCUT2D eigenvalue weighted by atomic mass is 32.2. The molecule has 0 radical (unpaired) electrons. The number of benzene rings is 1. The molecule has 0 aliphatic heterocycles. The van der Waals surface area contributed by atoms with Gasteiger partial charge in [-0.15, -0.1) is 0 Å². The van der Waals surface area contributed by atoms with E-state index in [0.29, 0.717) is 21.9 Å². The molecular formula is C13H20N2O2S. The first-order valence-electron chi connectivity index (χ1n) is 5.94. The molecule has 1 aliphatic carbocycles. The molecule has 18 heavy (non-hydrogen) atoms. The highest BCUT2D eigenvalue weighted by Crippen LogP contribution is 2.47. The van der Waals surface area contributed by atoms with Gasteiger partial charge in [0, 0.05) is 23.4 Å². The lowest BCUT2D eigenvalue weighted by Gasteiger charge is -2.17. The third kappa shape index (κ3) is 2.61. The molecule has 0 amide bonds. The van der Waals surface area contributed by atoms with Crippen molar-refractivity contribution in [1.29, 1.82) is 0 Å². The predicted octanol–water partition coefficient (Wildman–Crippen LogP) is 2.59. The van der Waals surface area contributed by atoms with Gasteiger partial charge in [-0.3, -0.25) is 0 Å². The van der Waals surface area contributed by atoms with E-state index in [1.165, 1.54) is 12.8 Å². The summed E-state index contributed by atoms with van der Waals surface area (Å²) in [5, 5.41) is 3.41. The SMILES string of the molecule is COc1cc(N)c(NCC2(SC)CC2)cc1OC. The van der Waals surface area contributed by atoms with E-state index >= 15 is 0 Å². The second-order valence-electron chi connectivity index (χ2n) is 4.54. The summed E-state index contributed by atoms with van der Waals surface area (Å²) >= 11 is 1.92. The maximum absolute atomic E-state index is 6.01. The molecule has 0 aromatic heterocycles. The van der Waals surface area contributed by atoms with Crippen molar-refractivity contribution >= 4 is 23.1 Å². The van der Waals surface area contributed by atoms with Gasteiger partial charge in [-0.25, -0.2) is 0 Å². The summed E-state index contributed by atoms with van der Waals surface area (Å²) in [5.41, 5.74) is 7.60. The Hall–Kier alpha value is -1.23. The van der Waals surface area contributed by atoms with Crippen LogP contribution in [0.25, 0.3) is 0 Å². The molecule has 100 valence electrons. The fourth-order valence-corrected chi connectivity index (χ4v) is 2.62. The van der Waals surface area contributed by atoms with Gasteiger partial charge >= 0.3 is 0 Å². The van der Waals surface area contributed by atoms with Gasteiger partial charge in [-0.05, 0) is 19.1 Å². The van der Waals surface area contributed by atoms with Crippen LogP contribution in [-0.2, 0) is 0 Å². The number of nitrogens with two attached hydrogens (primary N) is 1. The summed E-state index contributed by atoms with van der Waals surface area (Å²) in [6.45, 7) is 0.938. The van der Waals surface area contributed by atoms with Crippen LogP contribution < -0.4 is 20.5 Å². The number of ether oxygens (including phenoxy) is 2. The van der Waals surface area contributed by atoms with E-state index in [1.807, 2.05) is 17.8 Å². The molecule has 0 saturated heterocycles. The largest absolute Gasteiger partial charge is 0.493 e. The lowest BCUT2D eigenvalue weighted by molar-refractivity contribution is 0.355. The molecule has 1 saturated carbocycles. The van der Waals surface area contributed by atoms with Gasteiger partial charge in [0.1, 0.15) is 0 Å². The molecule has 5 heteroatoms. The molecule has 3 N–H and O–H groups in total. The van der Waals surface area contributed by atoms with Crippen molar-refractivity contribution in [2.45, 2.75) is 17.6 Å². The van der Waals surface area contributed by atoms with Crippen LogP contribution in [0.15, 0.2) is 12.1 Å². The maximum atomic E-state index is 6.01. The van der Waals surface area contributed by atoms with Crippen molar-refractivity contribution in [2.75, 3.05) is 38.1 Å². The normalized spacial score (nSPS) is 16.2. The standard InChI is InChI=1S/C13H20N2O2S/c1-16-11-6-9(14)10(7-12(11)17-2)15-8-13(18-3)4-5-13/h6-7,15H,4-5,8,14H2,1-3H3. The summed E-state index contributed by atoms with van der Waals surface area (Å²) in [7, 11) is 3.24. The zero-order valence-corrected chi connectivity index (χ0v) is 11.9. The third-order valence-corrected chi connectivity index (χ3v) is 4.82. The molecule has 4 nitrogen and oxygen atoms in total. The van der Waals surface area contributed by atoms with Gasteiger partial charge in [0.2, 0.25) is 0 Å². The summed E-state index contributed by atoms with van der Waals surface area (Å²) in [5.74, 6) is 1.36. The fourth-order valence-electron chi connectivity index (χ4n) is 1.90. The van der Waals surface area contributed by atoms with Crippen LogP contribution in [-0.4, -0.2) is 31.8 Å². The Morgan fingerprint density at radius 3 is 2.39 bits per heavy atom. The van der Waals surface area contributed by atoms with Crippen LogP contribution in [0.2, 0.25) is 0 Å². The Bertz CT molecular complexity index is 433. The minimum atomic E-state index is 0.402. The van der Waals surface area contributed by atoms with E-state index in [9.17, 15) is 0 Å². The summed E-state index contributed by atoms with van der Waals surface area (Å²) in [6.07, 6.45) is 4.70. The molecule has 0 atom stereocenters. The molecule has 1 aromatic rings. The zero-order valence-electron chi connectivity index (χ0n) is 11.1. The van der Waals surface area contributed by atoms with Gasteiger partial charge in [0.25, 0.3) is 0 Å². The number of hydrogen-bond acceptors (Lipinski definition) is 5. The highest BCUT2D eigenvalue weighted by molar-refractivity contribution is 8.00. The van der Waals surface area contributed by atoms with E-state index in [-0.39, 0.29) is 0 Å². The molecule has 2 rings (SSSR count). The van der Waals surface area contributed by atoms with Crippen molar-refractivity contribution < 1.29 is 9.47 Å². The first-order chi connectivity index (χ1) is 8.64. The Kier molecular flexibility index (Phi) is 3.80. The molecule has 0 heterocycles. The highest BCUT2D eigenvalue weighted by Gasteiger charge is 2.41. The monoisotopic (exact) mass is 268 g/mol. The minimum Gasteiger partial charge on any atom is -0.493 e. The van der Waals surface area contributed by atoms with E-state index < -0.39 is 0 Å². The number of nitrogen functional groups attached to an aromatic ring is 1. The summed E-state index contributed by atoms with van der Waals surface area (Å²) in [4.78, 5) is 0. The fraction of sp³-hybridized carbons (Fsp3) is 0.538. The maximum Gasteiger partial charge on any atom is 0.162 e. The van der Waals surface area contributed by atoms with E-state index in [2.05, 4.69) is 11.6 Å². The average molecular weight is 268 g/mol. The first-order valence-corrected chi connectivity index (χ1v) is 7.17. The van der Waals surface area contributed by atoms with Crippen molar-refractivity contribution in [3.63, 3.8) is 0 Å². The van der Waals surface area contributed by atoms with Crippen LogP contribution >= 0.6 is 11.8 Å². The quantitative estimate of drug-likeness (QED) is 0.777. The zero-order chi connectivity index (χ0) is 13.2. The van der Waals surface area contributed by atoms with E-state index in [4.69, 9.17) is 15.2 Å². The second kappa shape index (κ2) is 5.18. The van der Waals surface area contributed by atoms with Crippen molar-refractivity contribution in [3.8, 4) is 11.5 Å². The van der Waals surface area contributed by atoms with Gasteiger partial charge in [-0.1, -0.05) is 0 Å². The number of nitrogens with one attached hydrogen (secondary N) is 1. The topological polar surface area (TPSA) is 56.5 Å². The van der Waals surface area contributed by atoms with Crippen LogP contribution in [0.1, 0.15) is 12.8 Å². The Morgan fingerprint density at radius 1 is 1.28 bits per heavy atom. The lowest BCUT2D eigenvalue weighted by atomic mass is 10.2. The number of rotatable bonds is 6. The molecule has 0 spiro atoms. The third-order valence-electron chi connectivity index (χ3n) is 3.40. The molecule has 0 unspecified atom stereocenters. The molecule has 1 aromatic carbocycles. The number of thioether (sulfide) groups is 1. The average Bonchev–Trinajstić information content (AvgIpc) is 3.17. The molecule has 0 bridgehead atoms. The second-order valence-corrected chi connectivity index (χ2v) is 5.81. The van der Waals surface area contributed by atoms with Gasteiger partial charge in [-0.2, -0.15) is 11.8 Å². The van der Waals surface area contributed by atoms with Gasteiger partial charge in [0.05, 0.1) is 25.6 Å². The molecule has 1 fully saturated rings. The number of methoxy groups -OCH3 is 2. The molecular weight excluding hydrogens is 248 g/mol. The first kappa shape index (κ1) is 13.2. The summed E-state index contributed by atoms with van der Waals surface area (Å²) in [6, 6.07) is 3.68. The minimum absolute atomic E-state index is 0.402. The smallest absolute Gasteiger partial charge is 0.162 e. The lowest BCUT2D eigenvalue weighted by Crippen LogP contribution is -2.18. The van der Waals surface area contributed by atoms with Crippen molar-refractivity contribution in [1.82, 2.24) is 0 Å². The predicted molar refractivity (Wildman–Crippen MR) is 77.9 cm³/mol. The van der Waals surface area contributed by atoms with E-state index in [1.54, 1.807) is 20.3 Å². The van der Waals surface area contributed by atoms with Crippen LogP contribution in [0, 0.1) is 0 Å². The van der Waals surface area contributed by atoms with Crippen molar-refractivity contribution in [2.24, 2.45) is 0 Å². The Morgan fingerprint density at radius 2 is 1.89 bits per heavy atom. The van der Waals surface area contributed by atoms with Crippen molar-refractivity contribution in [3.05, 3.63) is 12.1 Å². The van der Waals surface area contributed by atoms with Crippen LogP contribution in [0.5, 0.6) is 11.5 Å². The van der Waals surface area contributed by atoms with E-state index in [0.717, 1.165) is 12.2 Å². The van der Waals surface area contributed by atoms with Crippen LogP contribution in [0.3, 0.4) is 0 Å². The van der Waals surface area contributed by atoms with Crippen LogP contribution in [0.4, 0.5) is 11.4 Å². The number of hydrogen-bond donors (Lipinski definition) is 2.